The molecule has 25 nitrogen and oxygen atoms in total. The highest BCUT2D eigenvalue weighted by Gasteiger charge is 2.52. The third-order valence-corrected chi connectivity index (χ3v) is 24.3. The lowest BCUT2D eigenvalue weighted by atomic mass is 9.78. The van der Waals surface area contributed by atoms with Crippen LogP contribution in [0.4, 0.5) is 13.2 Å². The molecule has 6 fully saturated rings. The maximum absolute atomic E-state index is 16.0. The minimum atomic E-state index is -4.53. The number of rotatable bonds is 16. The molecule has 0 bridgehead atoms. The number of halogens is 4. The molecule has 11 atom stereocenters. The van der Waals surface area contributed by atoms with E-state index in [9.17, 15) is 41.9 Å². The van der Waals surface area contributed by atoms with Crippen LogP contribution in [0.25, 0.3) is 0 Å². The maximum atomic E-state index is 16.0. The van der Waals surface area contributed by atoms with Gasteiger partial charge < -0.3 is 64.8 Å². The van der Waals surface area contributed by atoms with Crippen molar-refractivity contribution in [1.29, 1.82) is 0 Å². The van der Waals surface area contributed by atoms with Gasteiger partial charge in [-0.05, 0) is 132 Å². The minimum Gasteiger partial charge on any atom is -0.379 e. The molecule has 2 saturated heterocycles. The fourth-order valence-electron chi connectivity index (χ4n) is 16.6. The first-order chi connectivity index (χ1) is 49.9. The zero-order valence-corrected chi connectivity index (χ0v) is 66.8. The molecule has 4 saturated carbocycles. The summed E-state index contributed by atoms with van der Waals surface area (Å²) in [6.07, 6.45) is 7.32. The van der Waals surface area contributed by atoms with Crippen LogP contribution in [-0.2, 0) is 62.3 Å². The summed E-state index contributed by atoms with van der Waals surface area (Å²) in [7, 11) is 11.4. The molecule has 106 heavy (non-hydrogen) atoms. The molecule has 1 spiro atoms. The summed E-state index contributed by atoms with van der Waals surface area (Å²) in [4.78, 5) is 193. The van der Waals surface area contributed by atoms with Crippen molar-refractivity contribution >= 4 is 82.5 Å². The Balaban J connectivity index is 1.47. The number of piperidine rings is 1. The highest BCUT2D eigenvalue weighted by Crippen LogP contribution is 2.44. The van der Waals surface area contributed by atoms with E-state index in [-0.39, 0.29) is 88.8 Å². The number of nitrogens with zero attached hydrogens (tertiary/aromatic N) is 9. The Bertz CT molecular complexity index is 3000. The molecule has 6 rings (SSSR count). The molecule has 2 aliphatic heterocycles. The third kappa shape index (κ3) is 24.1. The van der Waals surface area contributed by atoms with E-state index in [1.54, 1.807) is 11.8 Å². The first-order valence-electron chi connectivity index (χ1n) is 39.5. The van der Waals surface area contributed by atoms with Gasteiger partial charge in [-0.15, -0.1) is 11.6 Å². The molecule has 29 heteroatoms. The molecular formula is C77H128ClF3N12O13. The largest absolute Gasteiger partial charge is 0.393 e. The van der Waals surface area contributed by atoms with Crippen molar-refractivity contribution in [3.05, 3.63) is 0 Å². The monoisotopic (exact) mass is 1520 g/mol. The van der Waals surface area contributed by atoms with Crippen molar-refractivity contribution in [2.45, 2.75) is 274 Å². The van der Waals surface area contributed by atoms with Crippen molar-refractivity contribution in [3.8, 4) is 0 Å². The molecule has 2 heterocycles. The third-order valence-electron chi connectivity index (χ3n) is 23.8. The van der Waals surface area contributed by atoms with Gasteiger partial charge in [0.05, 0.1) is 38.6 Å². The predicted octanol–water partition coefficient (Wildman–Crippen LogP) is 7.38. The van der Waals surface area contributed by atoms with Gasteiger partial charge in [-0.3, -0.25) is 57.5 Å². The van der Waals surface area contributed by atoms with Crippen LogP contribution in [0.5, 0.6) is 0 Å². The molecule has 602 valence electrons. The normalized spacial score (nSPS) is 28.6. The average Bonchev–Trinajstić information content (AvgIpc) is 1.37. The van der Waals surface area contributed by atoms with Crippen LogP contribution in [0.3, 0.4) is 0 Å². The second-order valence-corrected chi connectivity index (χ2v) is 33.3. The van der Waals surface area contributed by atoms with E-state index in [1.807, 2.05) is 34.6 Å². The Hall–Kier alpha value is -6.32. The number of nitrogens with one attached hydrogen (secondary N) is 3. The molecule has 3 unspecified atom stereocenters. The smallest absolute Gasteiger partial charge is 0.379 e. The van der Waals surface area contributed by atoms with E-state index in [0.29, 0.717) is 64.5 Å². The molecule has 0 aromatic heterocycles. The van der Waals surface area contributed by atoms with Crippen LogP contribution < -0.4 is 16.0 Å². The van der Waals surface area contributed by atoms with E-state index in [4.69, 9.17) is 16.3 Å². The van der Waals surface area contributed by atoms with Crippen molar-refractivity contribution < 1.29 is 75.4 Å². The van der Waals surface area contributed by atoms with Gasteiger partial charge in [0, 0.05) is 81.5 Å². The van der Waals surface area contributed by atoms with Crippen LogP contribution in [0.2, 0.25) is 0 Å². The quantitative estimate of drug-likeness (QED) is 0.101. The highest BCUT2D eigenvalue weighted by atomic mass is 35.5. The van der Waals surface area contributed by atoms with Crippen LogP contribution in [0, 0.1) is 41.4 Å². The van der Waals surface area contributed by atoms with E-state index in [2.05, 4.69) is 16.0 Å². The Morgan fingerprint density at radius 1 is 0.575 bits per heavy atom. The zero-order chi connectivity index (χ0) is 78.7. The molecule has 4 aliphatic carbocycles. The number of carbonyl (C=O) groups excluding carboxylic acids is 12. The minimum absolute atomic E-state index is 0.0148. The molecule has 0 aromatic rings. The molecule has 0 aromatic carbocycles. The first-order valence-corrected chi connectivity index (χ1v) is 39.9. The van der Waals surface area contributed by atoms with E-state index < -0.39 is 180 Å². The van der Waals surface area contributed by atoms with Crippen molar-refractivity contribution in [1.82, 2.24) is 60.0 Å². The summed E-state index contributed by atoms with van der Waals surface area (Å²) in [5.41, 5.74) is -1.64. The lowest BCUT2D eigenvalue weighted by Crippen LogP contribution is -2.66. The van der Waals surface area contributed by atoms with E-state index >= 15 is 28.8 Å². The second-order valence-electron chi connectivity index (χ2n) is 32.8. The van der Waals surface area contributed by atoms with Gasteiger partial charge in [-0.25, -0.2) is 0 Å². The van der Waals surface area contributed by atoms with Crippen molar-refractivity contribution in [2.24, 2.45) is 41.4 Å². The summed E-state index contributed by atoms with van der Waals surface area (Å²) in [5, 5.41) is 7.58. The number of carbonyl (C=O) groups is 12. The van der Waals surface area contributed by atoms with Gasteiger partial charge in [0.25, 0.3) is 0 Å². The van der Waals surface area contributed by atoms with Gasteiger partial charge in [0.1, 0.15) is 47.8 Å². The van der Waals surface area contributed by atoms with Gasteiger partial charge in [0.2, 0.25) is 70.9 Å². The standard InChI is InChI=1S/C77H128ClF3N12O13/c1-15-51(6)66-73(103)87(9)46-64(96)85(7)47-65(97)89(11)59(43-52-27-19-16-20-28-52)71(101)86(8)45-62(94)82-57(34-32-53-31-33-55(56(78)42-53)77(79,80)81)70(100)91(13)61(48-106-40-35-49(2)3)69(99)84-76(36-23-24-37-76)75(105)92(14)67(54-29-21-17-22-30-54)74(104)90(12)60(72(102)93-38-25-18-26-39-93)44-63(95)88(10)58(41-50(4)5)68(98)83-66/h49-61,66-67H,15-48H2,1-14H3,(H,82,94)(H,83,98)(H,84,99)/t51-,53?,55?,56?,57-,58-,59-,60-,61-,66-,67-/m0/s1. The molecule has 3 N–H and O–H groups in total. The highest BCUT2D eigenvalue weighted by molar-refractivity contribution is 6.21. The van der Waals surface area contributed by atoms with Crippen LogP contribution in [-0.4, -0.2) is 277 Å². The van der Waals surface area contributed by atoms with Crippen LogP contribution >= 0.6 is 11.6 Å². The molecule has 6 aliphatic rings. The molecule has 0 radical (unpaired) electrons. The van der Waals surface area contributed by atoms with Gasteiger partial charge in [0.15, 0.2) is 0 Å². The van der Waals surface area contributed by atoms with Crippen molar-refractivity contribution in [2.75, 3.05) is 102 Å². The summed E-state index contributed by atoms with van der Waals surface area (Å²) in [6.45, 7) is 10.2. The Morgan fingerprint density at radius 2 is 1.16 bits per heavy atom. The maximum Gasteiger partial charge on any atom is 0.393 e. The summed E-state index contributed by atoms with van der Waals surface area (Å²) in [6, 6.07) is -9.05. The fourth-order valence-corrected chi connectivity index (χ4v) is 17.1. The van der Waals surface area contributed by atoms with Gasteiger partial charge in [-0.1, -0.05) is 112 Å². The van der Waals surface area contributed by atoms with Crippen LogP contribution in [0.1, 0.15) is 215 Å². The summed E-state index contributed by atoms with van der Waals surface area (Å²) in [5.74, 6) is -10.9. The lowest BCUT2D eigenvalue weighted by Gasteiger charge is -2.43. The second kappa shape index (κ2) is 40.9. The number of hydrogen-bond acceptors (Lipinski definition) is 13. The van der Waals surface area contributed by atoms with Gasteiger partial charge in [-0.2, -0.15) is 13.2 Å². The van der Waals surface area contributed by atoms with E-state index in [0.717, 1.165) is 77.4 Å². The number of ether oxygens (including phenoxy) is 1. The zero-order valence-electron chi connectivity index (χ0n) is 66.0. The number of amides is 12. The average molecular weight is 1520 g/mol. The summed E-state index contributed by atoms with van der Waals surface area (Å²) >= 11 is 6.45. The Kier molecular flexibility index (Phi) is 34.2. The number of likely N-dealkylation sites (tertiary alicyclic amines) is 1. The number of hydrogen-bond donors (Lipinski definition) is 3. The molecular weight excluding hydrogens is 1390 g/mol. The molecule has 12 amide bonds. The lowest BCUT2D eigenvalue weighted by molar-refractivity contribution is -0.182. The number of likely N-dealkylation sites (N-methyl/N-ethyl adjacent to an activating group) is 8. The first kappa shape index (κ1) is 88.6. The number of alkyl halides is 4. The topological polar surface area (TPSA) is 279 Å². The fraction of sp³-hybridized carbons (Fsp3) is 0.844. The van der Waals surface area contributed by atoms with Crippen molar-refractivity contribution in [3.63, 3.8) is 0 Å². The van der Waals surface area contributed by atoms with Gasteiger partial charge >= 0.3 is 6.18 Å². The van der Waals surface area contributed by atoms with Crippen LogP contribution in [0.15, 0.2) is 0 Å². The van der Waals surface area contributed by atoms with E-state index in [1.165, 1.54) is 76.0 Å². The Morgan fingerprint density at radius 3 is 1.75 bits per heavy atom. The SMILES string of the molecule is CC[C@H](C)[C@@H]1NC(=O)[C@H](CC(C)C)N(C)C(=O)C[C@@H](C(=O)N2CCCCC2)N(C)C(=O)[C@H](C2CCCCC2)N(C)C(=O)C2(CCCC2)NC(=O)[C@H](COCCC(C)C)N(C)C(=O)[C@H](CCC2CCC(C(F)(F)F)C(Cl)C2)NC(=O)CN(C)C(=O)[C@H](CC2CCCCC2)N(C)C(=O)CN(C)C(=O)CN(C)C1=O. The summed E-state index contributed by atoms with van der Waals surface area (Å²) < 4.78 is 48.6. The predicted molar refractivity (Wildman–Crippen MR) is 397 cm³/mol. The Labute approximate surface area is 633 Å².